The Morgan fingerprint density at radius 3 is 2.38 bits per heavy atom. The summed E-state index contributed by atoms with van der Waals surface area (Å²) in [4.78, 5) is 6.30. The van der Waals surface area contributed by atoms with Crippen LogP contribution in [0, 0.1) is 17.8 Å². The first-order chi connectivity index (χ1) is 12.7. The molecule has 5 fully saturated rings. The fourth-order valence-corrected chi connectivity index (χ4v) is 7.90. The third-order valence-electron chi connectivity index (χ3n) is 7.81. The highest BCUT2D eigenvalue weighted by molar-refractivity contribution is 7.07. The maximum atomic E-state index is 5.06. The van der Waals surface area contributed by atoms with Crippen molar-refractivity contribution >= 4 is 11.3 Å². The lowest BCUT2D eigenvalue weighted by molar-refractivity contribution is -0.0193. The summed E-state index contributed by atoms with van der Waals surface area (Å²) in [5.41, 5.74) is 1.96. The number of nitrogens with zero attached hydrogens (tertiary/aromatic N) is 2. The molecule has 1 heterocycles. The van der Waals surface area contributed by atoms with E-state index in [4.69, 9.17) is 4.99 Å². The van der Waals surface area contributed by atoms with Crippen LogP contribution in [0.5, 0.6) is 0 Å². The zero-order valence-corrected chi connectivity index (χ0v) is 17.2. The highest BCUT2D eigenvalue weighted by Crippen LogP contribution is 2.55. The molecule has 4 bridgehead atoms. The standard InChI is InChI=1S/C22H35N3S/c1-25-20(15-26-21(25)24-19-5-3-2-4-6-19)7-8-23-22-12-16-9-17(13-22)11-18(10-16)14-22/h15-19,23H,2-14H2,1H3. The Morgan fingerprint density at radius 1 is 1.08 bits per heavy atom. The van der Waals surface area contributed by atoms with Gasteiger partial charge in [-0.2, -0.15) is 0 Å². The van der Waals surface area contributed by atoms with Crippen LogP contribution in [0.25, 0.3) is 0 Å². The van der Waals surface area contributed by atoms with Crippen LogP contribution in [-0.2, 0) is 13.5 Å². The molecule has 0 spiro atoms. The van der Waals surface area contributed by atoms with Crippen molar-refractivity contribution in [1.82, 2.24) is 9.88 Å². The van der Waals surface area contributed by atoms with Gasteiger partial charge in [0.05, 0.1) is 6.04 Å². The number of hydrogen-bond acceptors (Lipinski definition) is 3. The smallest absolute Gasteiger partial charge is 0.184 e. The van der Waals surface area contributed by atoms with E-state index in [0.29, 0.717) is 11.6 Å². The van der Waals surface area contributed by atoms with Crippen molar-refractivity contribution in [2.24, 2.45) is 29.8 Å². The zero-order valence-electron chi connectivity index (χ0n) is 16.4. The Kier molecular flexibility index (Phi) is 4.77. The average molecular weight is 374 g/mol. The van der Waals surface area contributed by atoms with Crippen LogP contribution >= 0.6 is 11.3 Å². The molecule has 144 valence electrons. The number of thiazole rings is 1. The topological polar surface area (TPSA) is 29.3 Å². The van der Waals surface area contributed by atoms with Crippen molar-refractivity contribution < 1.29 is 0 Å². The van der Waals surface area contributed by atoms with Gasteiger partial charge in [0.25, 0.3) is 0 Å². The lowest BCUT2D eigenvalue weighted by atomic mass is 9.53. The van der Waals surface area contributed by atoms with Crippen molar-refractivity contribution in [2.45, 2.75) is 88.6 Å². The first-order valence-electron chi connectivity index (χ1n) is 11.1. The lowest BCUT2D eigenvalue weighted by Gasteiger charge is -2.57. The van der Waals surface area contributed by atoms with E-state index in [1.807, 2.05) is 11.3 Å². The van der Waals surface area contributed by atoms with Gasteiger partial charge >= 0.3 is 0 Å². The number of nitrogens with one attached hydrogen (secondary N) is 1. The van der Waals surface area contributed by atoms with Crippen molar-refractivity contribution in [3.8, 4) is 0 Å². The van der Waals surface area contributed by atoms with Gasteiger partial charge < -0.3 is 9.88 Å². The van der Waals surface area contributed by atoms with Gasteiger partial charge in [0.15, 0.2) is 4.80 Å². The van der Waals surface area contributed by atoms with Crippen LogP contribution in [0.3, 0.4) is 0 Å². The number of rotatable bonds is 5. The summed E-state index contributed by atoms with van der Waals surface area (Å²) < 4.78 is 2.36. The van der Waals surface area contributed by atoms with Crippen LogP contribution in [0.2, 0.25) is 0 Å². The molecule has 0 aliphatic heterocycles. The van der Waals surface area contributed by atoms with Crippen molar-refractivity contribution in [1.29, 1.82) is 0 Å². The van der Waals surface area contributed by atoms with Crippen LogP contribution in [-0.4, -0.2) is 22.7 Å². The summed E-state index contributed by atoms with van der Waals surface area (Å²) in [7, 11) is 2.22. The molecular weight excluding hydrogens is 338 g/mol. The van der Waals surface area contributed by atoms with Gasteiger partial charge in [-0.1, -0.05) is 19.3 Å². The molecule has 4 heteroatoms. The Morgan fingerprint density at radius 2 is 1.73 bits per heavy atom. The maximum absolute atomic E-state index is 5.06. The van der Waals surface area contributed by atoms with E-state index in [0.717, 1.165) is 30.7 Å². The minimum Gasteiger partial charge on any atom is -0.324 e. The molecule has 5 aliphatic rings. The van der Waals surface area contributed by atoms with E-state index < -0.39 is 0 Å². The van der Waals surface area contributed by atoms with E-state index >= 15 is 0 Å². The molecule has 3 nitrogen and oxygen atoms in total. The molecule has 0 atom stereocenters. The van der Waals surface area contributed by atoms with Crippen molar-refractivity contribution in [3.05, 3.63) is 15.9 Å². The second kappa shape index (κ2) is 7.09. The monoisotopic (exact) mass is 373 g/mol. The van der Waals surface area contributed by atoms with E-state index in [9.17, 15) is 0 Å². The molecule has 0 aromatic carbocycles. The Bertz CT molecular complexity index is 659. The van der Waals surface area contributed by atoms with Crippen LogP contribution < -0.4 is 10.1 Å². The van der Waals surface area contributed by atoms with Crippen LogP contribution in [0.4, 0.5) is 0 Å². The molecular formula is C22H35N3S. The van der Waals surface area contributed by atoms with Gasteiger partial charge in [-0.25, -0.2) is 0 Å². The second-order valence-corrected chi connectivity index (χ2v) is 10.7. The van der Waals surface area contributed by atoms with Gasteiger partial charge in [0.1, 0.15) is 0 Å². The molecule has 0 amide bonds. The van der Waals surface area contributed by atoms with Gasteiger partial charge in [0, 0.05) is 36.6 Å². The van der Waals surface area contributed by atoms with Crippen molar-refractivity contribution in [3.63, 3.8) is 0 Å². The van der Waals surface area contributed by atoms with E-state index in [-0.39, 0.29) is 0 Å². The van der Waals surface area contributed by atoms with E-state index in [1.54, 1.807) is 0 Å². The third-order valence-corrected chi connectivity index (χ3v) is 8.79. The summed E-state index contributed by atoms with van der Waals surface area (Å²) >= 11 is 1.85. The van der Waals surface area contributed by atoms with Crippen molar-refractivity contribution in [2.75, 3.05) is 6.54 Å². The molecule has 5 saturated carbocycles. The van der Waals surface area contributed by atoms with Gasteiger partial charge in [-0.3, -0.25) is 4.99 Å². The molecule has 5 aliphatic carbocycles. The minimum atomic E-state index is 0.499. The summed E-state index contributed by atoms with van der Waals surface area (Å²) in [5, 5.41) is 6.40. The Hall–Kier alpha value is -0.610. The molecule has 0 radical (unpaired) electrons. The molecule has 0 saturated heterocycles. The minimum absolute atomic E-state index is 0.499. The van der Waals surface area contributed by atoms with E-state index in [2.05, 4.69) is 22.3 Å². The molecule has 26 heavy (non-hydrogen) atoms. The SMILES string of the molecule is Cn1c(CCNC23CC4CC(CC(C4)C2)C3)csc1=NC1CCCCC1. The predicted molar refractivity (Wildman–Crippen MR) is 108 cm³/mol. The second-order valence-electron chi connectivity index (χ2n) is 9.86. The van der Waals surface area contributed by atoms with Crippen LogP contribution in [0.15, 0.2) is 10.4 Å². The largest absolute Gasteiger partial charge is 0.324 e. The number of aromatic nitrogens is 1. The fraction of sp³-hybridized carbons (Fsp3) is 0.864. The van der Waals surface area contributed by atoms with Gasteiger partial charge in [-0.15, -0.1) is 11.3 Å². The Balaban J connectivity index is 1.21. The van der Waals surface area contributed by atoms with Crippen LogP contribution in [0.1, 0.15) is 76.3 Å². The summed E-state index contributed by atoms with van der Waals surface area (Å²) in [6, 6.07) is 0.576. The van der Waals surface area contributed by atoms with Gasteiger partial charge in [-0.05, 0) is 69.1 Å². The number of hydrogen-bond donors (Lipinski definition) is 1. The summed E-state index contributed by atoms with van der Waals surface area (Å²) in [6.45, 7) is 1.14. The molecule has 6 rings (SSSR count). The lowest BCUT2D eigenvalue weighted by Crippen LogP contribution is -2.58. The molecule has 1 aromatic heterocycles. The summed E-state index contributed by atoms with van der Waals surface area (Å²) in [5.74, 6) is 3.10. The van der Waals surface area contributed by atoms with Gasteiger partial charge in [0.2, 0.25) is 0 Å². The maximum Gasteiger partial charge on any atom is 0.184 e. The predicted octanol–water partition coefficient (Wildman–Crippen LogP) is 4.42. The highest BCUT2D eigenvalue weighted by atomic mass is 32.1. The first-order valence-corrected chi connectivity index (χ1v) is 12.0. The average Bonchev–Trinajstić information content (AvgIpc) is 2.95. The molecule has 0 unspecified atom stereocenters. The highest BCUT2D eigenvalue weighted by Gasteiger charge is 2.50. The first kappa shape index (κ1) is 17.5. The molecule has 1 N–H and O–H groups in total. The fourth-order valence-electron chi connectivity index (χ4n) is 6.89. The zero-order chi connectivity index (χ0) is 17.6. The third kappa shape index (κ3) is 3.44. The quantitative estimate of drug-likeness (QED) is 0.813. The molecule has 1 aromatic rings. The Labute approximate surface area is 162 Å². The summed E-state index contributed by atoms with van der Waals surface area (Å²) in [6.07, 6.45) is 16.8. The van der Waals surface area contributed by atoms with E-state index in [1.165, 1.54) is 81.1 Å². The normalized spacial score (nSPS) is 37.6.